The maximum atomic E-state index is 12.0. The molecule has 6 heteroatoms. The van der Waals surface area contributed by atoms with Crippen LogP contribution in [0.3, 0.4) is 0 Å². The Kier molecular flexibility index (Phi) is 5.86. The molecule has 2 aromatic rings. The van der Waals surface area contributed by atoms with Crippen molar-refractivity contribution < 1.29 is 19.1 Å². The predicted octanol–water partition coefficient (Wildman–Crippen LogP) is 2.74. The summed E-state index contributed by atoms with van der Waals surface area (Å²) in [5.41, 5.74) is 2.46. The summed E-state index contributed by atoms with van der Waals surface area (Å²) in [5, 5.41) is 2.81. The number of hydrogen-bond acceptors (Lipinski definition) is 5. The van der Waals surface area contributed by atoms with E-state index in [-0.39, 0.29) is 18.3 Å². The van der Waals surface area contributed by atoms with Gasteiger partial charge in [-0.1, -0.05) is 0 Å². The first-order valence-corrected chi connectivity index (χ1v) is 8.58. The van der Waals surface area contributed by atoms with E-state index >= 15 is 0 Å². The minimum absolute atomic E-state index is 0.00480. The van der Waals surface area contributed by atoms with Gasteiger partial charge in [0.25, 0.3) is 5.91 Å². The predicted molar refractivity (Wildman–Crippen MR) is 100 cm³/mol. The van der Waals surface area contributed by atoms with Crippen LogP contribution in [-0.4, -0.2) is 44.6 Å². The average molecular weight is 354 g/mol. The van der Waals surface area contributed by atoms with Gasteiger partial charge in [0.05, 0.1) is 13.2 Å². The number of anilines is 2. The van der Waals surface area contributed by atoms with Gasteiger partial charge in [-0.05, 0) is 55.5 Å². The van der Waals surface area contributed by atoms with Gasteiger partial charge in [0.2, 0.25) is 0 Å². The molecule has 1 aliphatic heterocycles. The van der Waals surface area contributed by atoms with Gasteiger partial charge >= 0.3 is 0 Å². The van der Waals surface area contributed by atoms with Gasteiger partial charge in [-0.25, -0.2) is 0 Å². The van der Waals surface area contributed by atoms with E-state index in [1.807, 2.05) is 24.3 Å². The number of rotatable bonds is 6. The molecule has 6 nitrogen and oxygen atoms in total. The Balaban J connectivity index is 1.49. The second-order valence-corrected chi connectivity index (χ2v) is 6.06. The lowest BCUT2D eigenvalue weighted by molar-refractivity contribution is -0.118. The zero-order chi connectivity index (χ0) is 18.4. The van der Waals surface area contributed by atoms with E-state index in [2.05, 4.69) is 10.2 Å². The number of carbonyl (C=O) groups excluding carboxylic acids is 2. The van der Waals surface area contributed by atoms with E-state index in [4.69, 9.17) is 9.47 Å². The molecule has 0 aliphatic carbocycles. The number of ketones is 1. The summed E-state index contributed by atoms with van der Waals surface area (Å²) < 4.78 is 10.8. The van der Waals surface area contributed by atoms with Gasteiger partial charge in [-0.15, -0.1) is 0 Å². The number of benzene rings is 2. The Morgan fingerprint density at radius 1 is 1.04 bits per heavy atom. The highest BCUT2D eigenvalue weighted by Crippen LogP contribution is 2.19. The lowest BCUT2D eigenvalue weighted by Crippen LogP contribution is -2.36. The summed E-state index contributed by atoms with van der Waals surface area (Å²) in [6, 6.07) is 14.5. The fourth-order valence-corrected chi connectivity index (χ4v) is 2.71. The third-order valence-electron chi connectivity index (χ3n) is 4.16. The lowest BCUT2D eigenvalue weighted by Gasteiger charge is -2.28. The Hall–Kier alpha value is -2.86. The van der Waals surface area contributed by atoms with Crippen molar-refractivity contribution in [1.29, 1.82) is 0 Å². The minimum Gasteiger partial charge on any atom is -0.484 e. The molecule has 0 saturated carbocycles. The molecule has 3 rings (SSSR count). The summed E-state index contributed by atoms with van der Waals surface area (Å²) in [5.74, 6) is 0.308. The van der Waals surface area contributed by atoms with Crippen molar-refractivity contribution in [3.8, 4) is 5.75 Å². The fraction of sp³-hybridized carbons (Fsp3) is 0.300. The molecule has 0 bridgehead atoms. The molecule has 1 saturated heterocycles. The van der Waals surface area contributed by atoms with Gasteiger partial charge in [-0.3, -0.25) is 9.59 Å². The van der Waals surface area contributed by atoms with Crippen molar-refractivity contribution in [2.75, 3.05) is 43.1 Å². The molecule has 26 heavy (non-hydrogen) atoms. The molecular formula is C20H22N2O4. The molecule has 0 radical (unpaired) electrons. The SMILES string of the molecule is CC(=O)c1ccc(OCC(=O)Nc2ccc(N3CCOCC3)cc2)cc1. The van der Waals surface area contributed by atoms with Crippen LogP contribution in [0.4, 0.5) is 11.4 Å². The monoisotopic (exact) mass is 354 g/mol. The second-order valence-electron chi connectivity index (χ2n) is 6.06. The van der Waals surface area contributed by atoms with E-state index in [9.17, 15) is 9.59 Å². The number of morpholine rings is 1. The Morgan fingerprint density at radius 2 is 1.69 bits per heavy atom. The molecule has 1 fully saturated rings. The first-order valence-electron chi connectivity index (χ1n) is 8.58. The van der Waals surface area contributed by atoms with Crippen LogP contribution >= 0.6 is 0 Å². The minimum atomic E-state index is -0.236. The summed E-state index contributed by atoms with van der Waals surface area (Å²) >= 11 is 0. The molecule has 2 aromatic carbocycles. The van der Waals surface area contributed by atoms with Crippen molar-refractivity contribution in [3.05, 3.63) is 54.1 Å². The van der Waals surface area contributed by atoms with Gasteiger partial charge in [0.1, 0.15) is 5.75 Å². The molecule has 1 amide bonds. The van der Waals surface area contributed by atoms with E-state index in [0.717, 1.165) is 37.7 Å². The fourth-order valence-electron chi connectivity index (χ4n) is 2.71. The van der Waals surface area contributed by atoms with Gasteiger partial charge < -0.3 is 19.7 Å². The zero-order valence-electron chi connectivity index (χ0n) is 14.7. The Bertz CT molecular complexity index is 750. The number of hydrogen-bond donors (Lipinski definition) is 1. The molecule has 1 heterocycles. The van der Waals surface area contributed by atoms with E-state index in [0.29, 0.717) is 11.3 Å². The van der Waals surface area contributed by atoms with Gasteiger partial charge in [0.15, 0.2) is 12.4 Å². The number of nitrogens with zero attached hydrogens (tertiary/aromatic N) is 1. The highest BCUT2D eigenvalue weighted by molar-refractivity contribution is 5.94. The molecule has 1 aliphatic rings. The van der Waals surface area contributed by atoms with Crippen molar-refractivity contribution >= 4 is 23.1 Å². The van der Waals surface area contributed by atoms with Gasteiger partial charge in [0, 0.05) is 30.0 Å². The van der Waals surface area contributed by atoms with Crippen LogP contribution in [0.1, 0.15) is 17.3 Å². The summed E-state index contributed by atoms with van der Waals surface area (Å²) in [7, 11) is 0. The highest BCUT2D eigenvalue weighted by atomic mass is 16.5. The van der Waals surface area contributed by atoms with Crippen LogP contribution in [-0.2, 0) is 9.53 Å². The normalized spacial score (nSPS) is 14.0. The van der Waals surface area contributed by atoms with Crippen molar-refractivity contribution in [2.24, 2.45) is 0 Å². The van der Waals surface area contributed by atoms with Crippen molar-refractivity contribution in [2.45, 2.75) is 6.92 Å². The smallest absolute Gasteiger partial charge is 0.262 e. The topological polar surface area (TPSA) is 67.9 Å². The molecule has 136 valence electrons. The maximum Gasteiger partial charge on any atom is 0.262 e. The first kappa shape index (κ1) is 17.9. The van der Waals surface area contributed by atoms with Crippen LogP contribution < -0.4 is 15.0 Å². The maximum absolute atomic E-state index is 12.0. The molecule has 0 unspecified atom stereocenters. The summed E-state index contributed by atoms with van der Waals surface area (Å²) in [6.45, 7) is 4.65. The van der Waals surface area contributed by atoms with E-state index < -0.39 is 0 Å². The van der Waals surface area contributed by atoms with Crippen molar-refractivity contribution in [3.63, 3.8) is 0 Å². The van der Waals surface area contributed by atoms with Crippen LogP contribution in [0, 0.1) is 0 Å². The number of carbonyl (C=O) groups is 2. The largest absolute Gasteiger partial charge is 0.484 e. The first-order chi connectivity index (χ1) is 12.6. The van der Waals surface area contributed by atoms with Crippen LogP contribution in [0.2, 0.25) is 0 Å². The van der Waals surface area contributed by atoms with Gasteiger partial charge in [-0.2, -0.15) is 0 Å². The number of ether oxygens (including phenoxy) is 2. The quantitative estimate of drug-likeness (QED) is 0.808. The van der Waals surface area contributed by atoms with Crippen LogP contribution in [0.15, 0.2) is 48.5 Å². The average Bonchev–Trinajstić information content (AvgIpc) is 2.68. The van der Waals surface area contributed by atoms with E-state index in [1.165, 1.54) is 6.92 Å². The summed E-state index contributed by atoms with van der Waals surface area (Å²) in [4.78, 5) is 25.5. The number of amides is 1. The molecule has 0 aromatic heterocycles. The number of nitrogens with one attached hydrogen (secondary N) is 1. The Labute approximate surface area is 152 Å². The third-order valence-corrected chi connectivity index (χ3v) is 4.16. The standard InChI is InChI=1S/C20H22N2O4/c1-15(23)16-2-8-19(9-3-16)26-14-20(24)21-17-4-6-18(7-5-17)22-10-12-25-13-11-22/h2-9H,10-14H2,1H3,(H,21,24). The number of Topliss-reactive ketones (excluding diaryl/α,β-unsaturated/α-hetero) is 1. The van der Waals surface area contributed by atoms with Crippen LogP contribution in [0.25, 0.3) is 0 Å². The highest BCUT2D eigenvalue weighted by Gasteiger charge is 2.11. The zero-order valence-corrected chi connectivity index (χ0v) is 14.7. The molecular weight excluding hydrogens is 332 g/mol. The second kappa shape index (κ2) is 8.49. The Morgan fingerprint density at radius 3 is 2.31 bits per heavy atom. The lowest BCUT2D eigenvalue weighted by atomic mass is 10.1. The summed E-state index contributed by atoms with van der Waals surface area (Å²) in [6.07, 6.45) is 0. The molecule has 0 spiro atoms. The van der Waals surface area contributed by atoms with Crippen molar-refractivity contribution in [1.82, 2.24) is 0 Å². The molecule has 1 N–H and O–H groups in total. The third kappa shape index (κ3) is 4.83. The van der Waals surface area contributed by atoms with Crippen LogP contribution in [0.5, 0.6) is 5.75 Å². The van der Waals surface area contributed by atoms with E-state index in [1.54, 1.807) is 24.3 Å². The molecule has 0 atom stereocenters.